The molecule has 0 aromatic carbocycles. The molecule has 0 fully saturated rings. The van der Waals surface area contributed by atoms with Crippen LogP contribution < -0.4 is 0 Å². The van der Waals surface area contributed by atoms with Gasteiger partial charge in [0.15, 0.2) is 0 Å². The number of allylic oxidation sites excluding steroid dienone is 1. The van der Waals surface area contributed by atoms with Gasteiger partial charge in [0.2, 0.25) is 5.78 Å². The molecular weight excluding hydrogens is 188 g/mol. The van der Waals surface area contributed by atoms with E-state index >= 15 is 0 Å². The fourth-order valence-corrected chi connectivity index (χ4v) is 0.588. The second-order valence-corrected chi connectivity index (χ2v) is 2.31. The summed E-state index contributed by atoms with van der Waals surface area (Å²) in [7, 11) is 0. The highest BCUT2D eigenvalue weighted by molar-refractivity contribution is 5.83. The molecule has 5 heteroatoms. The van der Waals surface area contributed by atoms with Crippen molar-refractivity contribution in [1.82, 2.24) is 0 Å². The molecule has 1 atom stereocenters. The smallest absolute Gasteiger partial charge is 0.307 e. The van der Waals surface area contributed by atoms with Crippen LogP contribution in [0, 0.1) is 0 Å². The molecule has 1 heterocycles. The second kappa shape index (κ2) is 6.85. The van der Waals surface area contributed by atoms with Gasteiger partial charge in [-0.15, -0.1) is 0 Å². The van der Waals surface area contributed by atoms with Crippen molar-refractivity contribution in [1.29, 1.82) is 0 Å². The van der Waals surface area contributed by atoms with Crippen LogP contribution in [0.25, 0.3) is 0 Å². The van der Waals surface area contributed by atoms with E-state index in [-0.39, 0.29) is 18.2 Å². The van der Waals surface area contributed by atoms with Gasteiger partial charge in [-0.3, -0.25) is 9.59 Å². The summed E-state index contributed by atoms with van der Waals surface area (Å²) in [6, 6.07) is 0. The normalized spacial score (nSPS) is 18.7. The third kappa shape index (κ3) is 5.96. The van der Waals surface area contributed by atoms with Gasteiger partial charge in [-0.25, -0.2) is 0 Å². The molecule has 0 radical (unpaired) electrons. The number of esters is 1. The quantitative estimate of drug-likeness (QED) is 0.493. The molecule has 0 aromatic rings. The number of ketones is 1. The van der Waals surface area contributed by atoms with Gasteiger partial charge in [0, 0.05) is 13.3 Å². The summed E-state index contributed by atoms with van der Waals surface area (Å²) in [4.78, 5) is 20.1. The van der Waals surface area contributed by atoms with Crippen molar-refractivity contribution in [3.63, 3.8) is 0 Å². The summed E-state index contributed by atoms with van der Waals surface area (Å²) in [5.41, 5.74) is 0. The Labute approximate surface area is 81.6 Å². The first kappa shape index (κ1) is 12.4. The molecule has 14 heavy (non-hydrogen) atoms. The van der Waals surface area contributed by atoms with E-state index < -0.39 is 6.29 Å². The van der Waals surface area contributed by atoms with Crippen molar-refractivity contribution in [2.24, 2.45) is 0 Å². The Morgan fingerprint density at radius 3 is 2.71 bits per heavy atom. The molecule has 1 aliphatic rings. The predicted molar refractivity (Wildman–Crippen MR) is 47.8 cm³/mol. The summed E-state index contributed by atoms with van der Waals surface area (Å²) in [6.07, 6.45) is 3.05. The lowest BCUT2D eigenvalue weighted by Gasteiger charge is -2.10. The lowest BCUT2D eigenvalue weighted by molar-refractivity contribution is -0.147. The monoisotopic (exact) mass is 200 g/mol. The highest BCUT2D eigenvalue weighted by Gasteiger charge is 2.15. The van der Waals surface area contributed by atoms with Crippen LogP contribution >= 0.6 is 0 Å². The molecule has 0 saturated heterocycles. The lowest BCUT2D eigenvalue weighted by Crippen LogP contribution is -2.23. The summed E-state index contributed by atoms with van der Waals surface area (Å²) in [5, 5.41) is 8.55. The Kier molecular flexibility index (Phi) is 6.06. The summed E-state index contributed by atoms with van der Waals surface area (Å²) in [6.45, 7) is 4.48. The van der Waals surface area contributed by atoms with E-state index in [1.54, 1.807) is 6.08 Å². The minimum Gasteiger partial charge on any atom is -0.466 e. The number of aliphatic hydroxyl groups excluding tert-OH is 1. The van der Waals surface area contributed by atoms with E-state index in [4.69, 9.17) is 5.11 Å². The highest BCUT2D eigenvalue weighted by atomic mass is 16.6. The number of ether oxygens (including phenoxy) is 2. The van der Waals surface area contributed by atoms with Crippen LogP contribution in [-0.4, -0.2) is 23.1 Å². The van der Waals surface area contributed by atoms with Crippen LogP contribution in [0.4, 0.5) is 0 Å². The molecule has 1 unspecified atom stereocenters. The van der Waals surface area contributed by atoms with Crippen molar-refractivity contribution >= 4 is 11.8 Å². The second-order valence-electron chi connectivity index (χ2n) is 2.31. The first-order valence-corrected chi connectivity index (χ1v) is 3.87. The first-order chi connectivity index (χ1) is 6.57. The Hall–Kier alpha value is -1.62. The molecule has 78 valence electrons. The number of Topliss-reactive ketones (excluding diaryl/α,β-unsaturated/α-hetero) is 1. The average Bonchev–Trinajstić information content (AvgIpc) is 2.11. The van der Waals surface area contributed by atoms with Crippen molar-refractivity contribution in [2.45, 2.75) is 19.6 Å². The average molecular weight is 200 g/mol. The fourth-order valence-electron chi connectivity index (χ4n) is 0.588. The molecule has 0 aliphatic carbocycles. The molecule has 0 aromatic heterocycles. The van der Waals surface area contributed by atoms with Gasteiger partial charge in [0.25, 0.3) is 6.29 Å². The molecule has 5 nitrogen and oxygen atoms in total. The minimum atomic E-state index is -1.22. The maximum absolute atomic E-state index is 10.4. The first-order valence-electron chi connectivity index (χ1n) is 3.87. The maximum Gasteiger partial charge on any atom is 0.307 e. The molecule has 0 bridgehead atoms. The molecule has 0 spiro atoms. The van der Waals surface area contributed by atoms with Crippen LogP contribution in [0.1, 0.15) is 13.3 Å². The Balaban J connectivity index is 0.000000255. The van der Waals surface area contributed by atoms with Crippen LogP contribution in [0.15, 0.2) is 25.2 Å². The number of aliphatic hydroxyl groups is 1. The topological polar surface area (TPSA) is 72.8 Å². The molecule has 0 saturated carbocycles. The van der Waals surface area contributed by atoms with Gasteiger partial charge in [-0.1, -0.05) is 6.58 Å². The van der Waals surface area contributed by atoms with Gasteiger partial charge in [-0.2, -0.15) is 0 Å². The third-order valence-corrected chi connectivity index (χ3v) is 1.15. The predicted octanol–water partition coefficient (Wildman–Crippen LogP) is 0.501. The maximum atomic E-state index is 10.4. The SMILES string of the molecule is C=COC(C)=O.O=C1CC=COC1O. The Bertz CT molecular complexity index is 244. The van der Waals surface area contributed by atoms with Gasteiger partial charge >= 0.3 is 5.97 Å². The Morgan fingerprint density at radius 1 is 1.86 bits per heavy atom. The fraction of sp³-hybridized carbons (Fsp3) is 0.333. The van der Waals surface area contributed by atoms with E-state index in [0.29, 0.717) is 0 Å². The third-order valence-electron chi connectivity index (χ3n) is 1.15. The minimum absolute atomic E-state index is 0.279. The number of carbonyl (C=O) groups is 2. The highest BCUT2D eigenvalue weighted by Crippen LogP contribution is 2.01. The van der Waals surface area contributed by atoms with Crippen molar-refractivity contribution < 1.29 is 24.2 Å². The number of carbonyl (C=O) groups excluding carboxylic acids is 2. The zero-order valence-corrected chi connectivity index (χ0v) is 7.80. The van der Waals surface area contributed by atoms with E-state index in [1.165, 1.54) is 13.2 Å². The van der Waals surface area contributed by atoms with Crippen molar-refractivity contribution in [2.75, 3.05) is 0 Å². The molecule has 1 rings (SSSR count). The van der Waals surface area contributed by atoms with Gasteiger partial charge in [-0.05, 0) is 6.08 Å². The molecule has 1 aliphatic heterocycles. The zero-order chi connectivity index (χ0) is 11.0. The molecule has 1 N–H and O–H groups in total. The number of hydrogen-bond donors (Lipinski definition) is 1. The van der Waals surface area contributed by atoms with Crippen LogP contribution in [0.2, 0.25) is 0 Å². The van der Waals surface area contributed by atoms with Gasteiger partial charge < -0.3 is 14.6 Å². The number of hydrogen-bond acceptors (Lipinski definition) is 5. The van der Waals surface area contributed by atoms with Gasteiger partial charge in [0.05, 0.1) is 12.5 Å². The van der Waals surface area contributed by atoms with E-state index in [2.05, 4.69) is 16.1 Å². The molecular formula is C9H12O5. The summed E-state index contributed by atoms with van der Waals surface area (Å²) < 4.78 is 8.58. The van der Waals surface area contributed by atoms with E-state index in [1.807, 2.05) is 0 Å². The van der Waals surface area contributed by atoms with Crippen LogP contribution in [0.3, 0.4) is 0 Å². The van der Waals surface area contributed by atoms with Gasteiger partial charge in [0.1, 0.15) is 0 Å². The van der Waals surface area contributed by atoms with Crippen LogP contribution in [0.5, 0.6) is 0 Å². The summed E-state index contributed by atoms with van der Waals surface area (Å²) in [5.74, 6) is -0.613. The zero-order valence-electron chi connectivity index (χ0n) is 7.80. The Morgan fingerprint density at radius 2 is 2.50 bits per heavy atom. The standard InChI is InChI=1S/C5H6O3.C4H6O2/c6-4-2-1-3-8-5(4)7;1-3-6-4(2)5/h1,3,5,7H,2H2;3H,1H2,2H3. The van der Waals surface area contributed by atoms with E-state index in [0.717, 1.165) is 6.26 Å². The molecule has 0 amide bonds. The summed E-state index contributed by atoms with van der Waals surface area (Å²) >= 11 is 0. The lowest BCUT2D eigenvalue weighted by atomic mass is 10.2. The van der Waals surface area contributed by atoms with Crippen molar-refractivity contribution in [3.8, 4) is 0 Å². The van der Waals surface area contributed by atoms with Crippen molar-refractivity contribution in [3.05, 3.63) is 25.2 Å². The van der Waals surface area contributed by atoms with E-state index in [9.17, 15) is 9.59 Å². The number of rotatable bonds is 1. The largest absolute Gasteiger partial charge is 0.466 e. The van der Waals surface area contributed by atoms with Crippen LogP contribution in [-0.2, 0) is 19.1 Å².